The van der Waals surface area contributed by atoms with Gasteiger partial charge in [0.25, 0.3) is 11.8 Å². The molecule has 0 saturated heterocycles. The zero-order chi connectivity index (χ0) is 21.1. The normalized spacial score (nSPS) is 10.9. The first kappa shape index (κ1) is 19.7. The lowest BCUT2D eigenvalue weighted by atomic mass is 10.2. The summed E-state index contributed by atoms with van der Waals surface area (Å²) >= 11 is 5.77. The molecule has 1 aromatic carbocycles. The highest BCUT2D eigenvalue weighted by Crippen LogP contribution is 2.23. The van der Waals surface area contributed by atoms with E-state index in [0.717, 1.165) is 0 Å². The van der Waals surface area contributed by atoms with E-state index in [-0.39, 0.29) is 17.3 Å². The third-order valence-electron chi connectivity index (χ3n) is 4.30. The van der Waals surface area contributed by atoms with Crippen molar-refractivity contribution < 1.29 is 13.7 Å². The van der Waals surface area contributed by atoms with Gasteiger partial charge in [-0.2, -0.15) is 4.98 Å². The number of benzene rings is 1. The Bertz CT molecular complexity index is 1210. The van der Waals surface area contributed by atoms with E-state index in [9.17, 15) is 9.18 Å². The summed E-state index contributed by atoms with van der Waals surface area (Å²) in [4.78, 5) is 25.3. The number of halogens is 2. The van der Waals surface area contributed by atoms with Crippen LogP contribution >= 0.6 is 11.6 Å². The molecule has 0 atom stereocenters. The number of pyridine rings is 1. The molecule has 1 amide bonds. The Hall–Kier alpha value is -3.59. The summed E-state index contributed by atoms with van der Waals surface area (Å²) in [7, 11) is 0. The van der Waals surface area contributed by atoms with E-state index in [1.165, 1.54) is 18.5 Å². The van der Waals surface area contributed by atoms with Gasteiger partial charge < -0.3 is 9.84 Å². The third-order valence-corrected chi connectivity index (χ3v) is 4.59. The largest absolute Gasteiger partial charge is 0.347 e. The molecular formula is C20H16ClFN6O2. The molecular weight excluding hydrogens is 411 g/mol. The van der Waals surface area contributed by atoms with Gasteiger partial charge in [-0.1, -0.05) is 29.7 Å². The number of hydrogen-bond acceptors (Lipinski definition) is 6. The number of amides is 1. The van der Waals surface area contributed by atoms with Crippen LogP contribution in [0.15, 0.2) is 53.6 Å². The number of nitrogens with one attached hydrogen (secondary N) is 1. The molecule has 1 N–H and O–H groups in total. The quantitative estimate of drug-likeness (QED) is 0.505. The van der Waals surface area contributed by atoms with Crippen molar-refractivity contribution in [3.63, 3.8) is 0 Å². The summed E-state index contributed by atoms with van der Waals surface area (Å²) in [6.45, 7) is 2.11. The van der Waals surface area contributed by atoms with E-state index < -0.39 is 11.7 Å². The second-order valence-electron chi connectivity index (χ2n) is 6.34. The molecule has 0 fully saturated rings. The van der Waals surface area contributed by atoms with Gasteiger partial charge >= 0.3 is 0 Å². The summed E-state index contributed by atoms with van der Waals surface area (Å²) in [6.07, 6.45) is 5.30. The maximum absolute atomic E-state index is 13.3. The van der Waals surface area contributed by atoms with Gasteiger partial charge in [-0.15, -0.1) is 0 Å². The minimum atomic E-state index is -0.510. The number of imidazole rings is 1. The van der Waals surface area contributed by atoms with E-state index in [1.54, 1.807) is 35.2 Å². The number of aromatic nitrogens is 5. The summed E-state index contributed by atoms with van der Waals surface area (Å²) in [5.41, 5.74) is 1.49. The Morgan fingerprint density at radius 1 is 1.30 bits per heavy atom. The molecule has 0 aliphatic heterocycles. The number of hydrogen-bond donors (Lipinski definition) is 1. The molecule has 152 valence electrons. The molecule has 10 heteroatoms. The smallest absolute Gasteiger partial charge is 0.271 e. The minimum Gasteiger partial charge on any atom is -0.347 e. The predicted octanol–water partition coefficient (Wildman–Crippen LogP) is 3.60. The minimum absolute atomic E-state index is 0.000893. The molecule has 3 heterocycles. The maximum Gasteiger partial charge on any atom is 0.271 e. The van der Waals surface area contributed by atoms with Crippen LogP contribution in [0.1, 0.15) is 28.8 Å². The zero-order valence-electron chi connectivity index (χ0n) is 15.8. The van der Waals surface area contributed by atoms with E-state index in [4.69, 9.17) is 16.1 Å². The highest BCUT2D eigenvalue weighted by molar-refractivity contribution is 6.30. The van der Waals surface area contributed by atoms with Gasteiger partial charge in [-0.05, 0) is 29.8 Å². The molecule has 0 saturated carbocycles. The van der Waals surface area contributed by atoms with E-state index in [0.29, 0.717) is 35.1 Å². The van der Waals surface area contributed by atoms with Crippen LogP contribution in [0.25, 0.3) is 17.3 Å². The number of rotatable bonds is 6. The second-order valence-corrected chi connectivity index (χ2v) is 6.75. The second kappa shape index (κ2) is 8.42. The van der Waals surface area contributed by atoms with Crippen molar-refractivity contribution in [2.45, 2.75) is 19.9 Å². The third kappa shape index (κ3) is 4.06. The van der Waals surface area contributed by atoms with Crippen molar-refractivity contribution in [2.24, 2.45) is 0 Å². The molecule has 0 bridgehead atoms. The lowest BCUT2D eigenvalue weighted by Gasteiger charge is -2.05. The number of carbonyl (C=O) groups is 1. The molecule has 0 spiro atoms. The van der Waals surface area contributed by atoms with Gasteiger partial charge in [0.2, 0.25) is 0 Å². The van der Waals surface area contributed by atoms with Crippen LogP contribution < -0.4 is 5.32 Å². The molecule has 0 aliphatic rings. The topological polar surface area (TPSA) is 98.7 Å². The number of nitrogens with zero attached hydrogens (tertiary/aromatic N) is 5. The van der Waals surface area contributed by atoms with Gasteiger partial charge in [0, 0.05) is 25.4 Å². The molecule has 0 unspecified atom stereocenters. The van der Waals surface area contributed by atoms with Crippen molar-refractivity contribution in [1.82, 2.24) is 30.0 Å². The lowest BCUT2D eigenvalue weighted by molar-refractivity contribution is 0.0946. The first-order valence-corrected chi connectivity index (χ1v) is 9.47. The molecule has 4 aromatic rings. The Morgan fingerprint density at radius 2 is 2.17 bits per heavy atom. The van der Waals surface area contributed by atoms with Gasteiger partial charge in [-0.3, -0.25) is 9.36 Å². The summed E-state index contributed by atoms with van der Waals surface area (Å²) in [5.74, 6) is 0.525. The standard InChI is InChI=1S/C20H16ClFN6O2/c1-2-17-26-20(30-27-17)13-4-3-7-23-18(13)28-10-16(25-11-28)19(29)24-9-12-5-6-15(22)14(21)8-12/h3-8,10-11H,2,9H2,1H3,(H,24,29). The van der Waals surface area contributed by atoms with Crippen molar-refractivity contribution >= 4 is 17.5 Å². The average Bonchev–Trinajstić information content (AvgIpc) is 3.44. The fraction of sp³-hybridized carbons (Fsp3) is 0.150. The van der Waals surface area contributed by atoms with Crippen LogP contribution in [0.3, 0.4) is 0 Å². The SMILES string of the molecule is CCc1noc(-c2cccnc2-n2cnc(C(=O)NCc3ccc(F)c(Cl)c3)c2)n1. The fourth-order valence-electron chi connectivity index (χ4n) is 2.76. The highest BCUT2D eigenvalue weighted by atomic mass is 35.5. The van der Waals surface area contributed by atoms with E-state index >= 15 is 0 Å². The van der Waals surface area contributed by atoms with Gasteiger partial charge in [-0.25, -0.2) is 14.4 Å². The Balaban J connectivity index is 1.53. The van der Waals surface area contributed by atoms with E-state index in [1.807, 2.05) is 6.92 Å². The first-order chi connectivity index (χ1) is 14.5. The van der Waals surface area contributed by atoms with Crippen molar-refractivity contribution in [3.8, 4) is 17.3 Å². The summed E-state index contributed by atoms with van der Waals surface area (Å²) in [6, 6.07) is 7.82. The zero-order valence-corrected chi connectivity index (χ0v) is 16.6. The van der Waals surface area contributed by atoms with Crippen LogP contribution in [0, 0.1) is 5.82 Å². The Kier molecular flexibility index (Phi) is 5.53. The molecule has 3 aromatic heterocycles. The number of aryl methyl sites for hydroxylation is 1. The monoisotopic (exact) mass is 426 g/mol. The average molecular weight is 427 g/mol. The van der Waals surface area contributed by atoms with Crippen molar-refractivity contribution in [3.05, 3.63) is 77.0 Å². The van der Waals surface area contributed by atoms with Crippen LogP contribution in [0.4, 0.5) is 4.39 Å². The van der Waals surface area contributed by atoms with Crippen LogP contribution in [-0.4, -0.2) is 30.6 Å². The van der Waals surface area contributed by atoms with Gasteiger partial charge in [0.15, 0.2) is 11.6 Å². The fourth-order valence-corrected chi connectivity index (χ4v) is 2.96. The highest BCUT2D eigenvalue weighted by Gasteiger charge is 2.17. The molecule has 0 radical (unpaired) electrons. The summed E-state index contributed by atoms with van der Waals surface area (Å²) in [5, 5.41) is 6.64. The Morgan fingerprint density at radius 3 is 2.93 bits per heavy atom. The van der Waals surface area contributed by atoms with Gasteiger partial charge in [0.05, 0.1) is 10.6 Å². The Labute approximate surface area is 175 Å². The predicted molar refractivity (Wildman–Crippen MR) is 107 cm³/mol. The van der Waals surface area contributed by atoms with Crippen LogP contribution in [-0.2, 0) is 13.0 Å². The molecule has 4 rings (SSSR count). The summed E-state index contributed by atoms with van der Waals surface area (Å²) < 4.78 is 20.2. The van der Waals surface area contributed by atoms with Gasteiger partial charge in [0.1, 0.15) is 17.8 Å². The number of carbonyl (C=O) groups excluding carboxylic acids is 1. The van der Waals surface area contributed by atoms with Crippen molar-refractivity contribution in [1.29, 1.82) is 0 Å². The van der Waals surface area contributed by atoms with E-state index in [2.05, 4.69) is 25.4 Å². The first-order valence-electron chi connectivity index (χ1n) is 9.09. The van der Waals surface area contributed by atoms with Crippen molar-refractivity contribution in [2.75, 3.05) is 0 Å². The molecule has 30 heavy (non-hydrogen) atoms. The van der Waals surface area contributed by atoms with Crippen LogP contribution in [0.5, 0.6) is 0 Å². The lowest BCUT2D eigenvalue weighted by Crippen LogP contribution is -2.23. The van der Waals surface area contributed by atoms with Crippen LogP contribution in [0.2, 0.25) is 5.02 Å². The molecule has 8 nitrogen and oxygen atoms in total. The molecule has 0 aliphatic carbocycles. The maximum atomic E-state index is 13.3.